The minimum atomic E-state index is -2.09. The molecular formula is C10H17ClNOP. The molecule has 0 aliphatic heterocycles. The van der Waals surface area contributed by atoms with Gasteiger partial charge in [-0.1, -0.05) is 24.3 Å². The first kappa shape index (κ1) is 13.7. The van der Waals surface area contributed by atoms with Crippen LogP contribution < -0.4 is 11.0 Å². The van der Waals surface area contributed by atoms with Gasteiger partial charge in [0.2, 0.25) is 0 Å². The van der Waals surface area contributed by atoms with Crippen LogP contribution in [0.2, 0.25) is 0 Å². The molecule has 1 aromatic rings. The third kappa shape index (κ3) is 3.83. The molecule has 1 aromatic carbocycles. The van der Waals surface area contributed by atoms with Crippen LogP contribution in [0.15, 0.2) is 24.3 Å². The monoisotopic (exact) mass is 233 g/mol. The first-order valence-electron chi connectivity index (χ1n) is 4.38. The van der Waals surface area contributed by atoms with Crippen molar-refractivity contribution < 1.29 is 4.57 Å². The van der Waals surface area contributed by atoms with Crippen LogP contribution in [0.4, 0.5) is 0 Å². The van der Waals surface area contributed by atoms with E-state index in [9.17, 15) is 4.57 Å². The predicted octanol–water partition coefficient (Wildman–Crippen LogP) is 1.86. The normalized spacial score (nSPS) is 10.8. The second kappa shape index (κ2) is 5.55. The van der Waals surface area contributed by atoms with Gasteiger partial charge in [0.25, 0.3) is 0 Å². The van der Waals surface area contributed by atoms with Crippen LogP contribution in [0, 0.1) is 0 Å². The van der Waals surface area contributed by atoms with Crippen molar-refractivity contribution in [3.8, 4) is 0 Å². The summed E-state index contributed by atoms with van der Waals surface area (Å²) in [5, 5.41) is 0.938. The van der Waals surface area contributed by atoms with Crippen molar-refractivity contribution in [1.82, 2.24) is 0 Å². The van der Waals surface area contributed by atoms with Crippen molar-refractivity contribution in [2.45, 2.75) is 6.42 Å². The van der Waals surface area contributed by atoms with Crippen LogP contribution in [0.5, 0.6) is 0 Å². The lowest BCUT2D eigenvalue weighted by atomic mass is 10.2. The SMILES string of the molecule is CP(C)(=O)c1ccc(CCN)cc1.Cl. The highest BCUT2D eigenvalue weighted by Gasteiger charge is 2.09. The van der Waals surface area contributed by atoms with Gasteiger partial charge in [0.05, 0.1) is 0 Å². The molecule has 2 nitrogen and oxygen atoms in total. The Balaban J connectivity index is 0.00000169. The van der Waals surface area contributed by atoms with Gasteiger partial charge in [-0.2, -0.15) is 0 Å². The lowest BCUT2D eigenvalue weighted by Crippen LogP contribution is -2.06. The van der Waals surface area contributed by atoms with E-state index < -0.39 is 7.14 Å². The van der Waals surface area contributed by atoms with Gasteiger partial charge < -0.3 is 10.3 Å². The first-order chi connectivity index (χ1) is 6.04. The van der Waals surface area contributed by atoms with Crippen LogP contribution in [-0.4, -0.2) is 19.9 Å². The van der Waals surface area contributed by atoms with Gasteiger partial charge in [0.1, 0.15) is 7.14 Å². The Hall–Kier alpha value is -0.300. The highest BCUT2D eigenvalue weighted by Crippen LogP contribution is 2.34. The number of benzene rings is 1. The molecule has 0 bridgehead atoms. The van der Waals surface area contributed by atoms with Crippen molar-refractivity contribution in [3.63, 3.8) is 0 Å². The maximum atomic E-state index is 11.7. The zero-order valence-electron chi connectivity index (χ0n) is 8.56. The molecule has 14 heavy (non-hydrogen) atoms. The summed E-state index contributed by atoms with van der Waals surface area (Å²) >= 11 is 0. The number of hydrogen-bond acceptors (Lipinski definition) is 2. The van der Waals surface area contributed by atoms with Gasteiger partial charge in [-0.25, -0.2) is 0 Å². The molecule has 0 atom stereocenters. The summed E-state index contributed by atoms with van der Waals surface area (Å²) in [6, 6.07) is 7.88. The molecule has 0 unspecified atom stereocenters. The Labute approximate surface area is 91.7 Å². The predicted molar refractivity (Wildman–Crippen MR) is 65.5 cm³/mol. The van der Waals surface area contributed by atoms with E-state index in [0.717, 1.165) is 11.7 Å². The number of nitrogens with two attached hydrogens (primary N) is 1. The quantitative estimate of drug-likeness (QED) is 0.810. The fourth-order valence-electron chi connectivity index (χ4n) is 1.19. The molecule has 0 aliphatic carbocycles. The number of rotatable bonds is 3. The summed E-state index contributed by atoms with van der Waals surface area (Å²) in [7, 11) is -2.09. The third-order valence-electron chi connectivity index (χ3n) is 1.99. The van der Waals surface area contributed by atoms with Crippen LogP contribution in [0.25, 0.3) is 0 Å². The van der Waals surface area contributed by atoms with Crippen molar-refractivity contribution >= 4 is 24.9 Å². The largest absolute Gasteiger partial charge is 0.330 e. The molecule has 0 heterocycles. The lowest BCUT2D eigenvalue weighted by molar-refractivity contribution is 0.588. The van der Waals surface area contributed by atoms with Crippen LogP contribution in [0.3, 0.4) is 0 Å². The minimum absolute atomic E-state index is 0. The van der Waals surface area contributed by atoms with E-state index in [4.69, 9.17) is 5.73 Å². The van der Waals surface area contributed by atoms with Gasteiger partial charge in [-0.3, -0.25) is 0 Å². The Morgan fingerprint density at radius 3 is 2.07 bits per heavy atom. The second-order valence-electron chi connectivity index (χ2n) is 3.56. The van der Waals surface area contributed by atoms with Gasteiger partial charge in [-0.15, -0.1) is 12.4 Å². The lowest BCUT2D eigenvalue weighted by Gasteiger charge is -2.07. The average Bonchev–Trinajstić information content (AvgIpc) is 2.04. The average molecular weight is 234 g/mol. The van der Waals surface area contributed by atoms with Crippen LogP contribution in [0.1, 0.15) is 5.56 Å². The van der Waals surface area contributed by atoms with Crippen LogP contribution in [-0.2, 0) is 11.0 Å². The first-order valence-corrected chi connectivity index (χ1v) is 6.98. The minimum Gasteiger partial charge on any atom is -0.330 e. The second-order valence-corrected chi connectivity index (χ2v) is 6.77. The van der Waals surface area contributed by atoms with E-state index >= 15 is 0 Å². The van der Waals surface area contributed by atoms with Gasteiger partial charge >= 0.3 is 0 Å². The summed E-state index contributed by atoms with van der Waals surface area (Å²) in [6.45, 7) is 4.23. The molecule has 0 spiro atoms. The Morgan fingerprint density at radius 2 is 1.71 bits per heavy atom. The van der Waals surface area contributed by atoms with Crippen molar-refractivity contribution in [3.05, 3.63) is 29.8 Å². The van der Waals surface area contributed by atoms with E-state index in [1.54, 1.807) is 13.3 Å². The standard InChI is InChI=1S/C10H16NOP.ClH/c1-13(2,12)10-5-3-9(4-6-10)7-8-11;/h3-6H,7-8,11H2,1-2H3;1H. The van der Waals surface area contributed by atoms with Gasteiger partial charge in [0, 0.05) is 5.30 Å². The molecule has 0 saturated carbocycles. The van der Waals surface area contributed by atoms with E-state index in [-0.39, 0.29) is 12.4 Å². The Bertz CT molecular complexity index is 317. The highest BCUT2D eigenvalue weighted by molar-refractivity contribution is 7.70. The Kier molecular flexibility index (Phi) is 5.43. The topological polar surface area (TPSA) is 43.1 Å². The maximum absolute atomic E-state index is 11.7. The molecular weight excluding hydrogens is 217 g/mol. The summed E-state index contributed by atoms with van der Waals surface area (Å²) in [6.07, 6.45) is 0.887. The molecule has 4 heteroatoms. The number of halogens is 1. The summed E-state index contributed by atoms with van der Waals surface area (Å²) < 4.78 is 11.7. The maximum Gasteiger partial charge on any atom is 0.109 e. The van der Waals surface area contributed by atoms with Crippen molar-refractivity contribution in [2.24, 2.45) is 5.73 Å². The van der Waals surface area contributed by atoms with E-state index in [2.05, 4.69) is 0 Å². The molecule has 80 valence electrons. The molecule has 1 rings (SSSR count). The summed E-state index contributed by atoms with van der Waals surface area (Å²) in [5.41, 5.74) is 6.64. The summed E-state index contributed by atoms with van der Waals surface area (Å²) in [4.78, 5) is 0. The highest BCUT2D eigenvalue weighted by atomic mass is 35.5. The smallest absolute Gasteiger partial charge is 0.109 e. The van der Waals surface area contributed by atoms with Crippen molar-refractivity contribution in [2.75, 3.05) is 19.9 Å². The summed E-state index contributed by atoms with van der Waals surface area (Å²) in [5.74, 6) is 0. The Morgan fingerprint density at radius 1 is 1.21 bits per heavy atom. The van der Waals surface area contributed by atoms with E-state index in [1.807, 2.05) is 24.3 Å². The molecule has 0 fully saturated rings. The van der Waals surface area contributed by atoms with E-state index in [1.165, 1.54) is 5.56 Å². The van der Waals surface area contributed by atoms with Crippen molar-refractivity contribution in [1.29, 1.82) is 0 Å². The number of hydrogen-bond donors (Lipinski definition) is 1. The van der Waals surface area contributed by atoms with Gasteiger partial charge in [-0.05, 0) is 31.9 Å². The van der Waals surface area contributed by atoms with Gasteiger partial charge in [0.15, 0.2) is 0 Å². The fraction of sp³-hybridized carbons (Fsp3) is 0.400. The molecule has 2 N–H and O–H groups in total. The zero-order valence-corrected chi connectivity index (χ0v) is 10.3. The van der Waals surface area contributed by atoms with Crippen LogP contribution >= 0.6 is 19.5 Å². The molecule has 0 aliphatic rings. The zero-order chi connectivity index (χ0) is 9.90. The molecule has 0 aromatic heterocycles. The fourth-order valence-corrected chi connectivity index (χ4v) is 2.06. The van der Waals surface area contributed by atoms with E-state index in [0.29, 0.717) is 6.54 Å². The third-order valence-corrected chi connectivity index (χ3v) is 3.53. The molecule has 0 radical (unpaired) electrons. The molecule has 0 amide bonds. The molecule has 0 saturated heterocycles.